The summed E-state index contributed by atoms with van der Waals surface area (Å²) >= 11 is 5.42. The summed E-state index contributed by atoms with van der Waals surface area (Å²) in [6, 6.07) is 16.9. The molecule has 0 unspecified atom stereocenters. The molecule has 0 amide bonds. The molecule has 0 spiro atoms. The van der Waals surface area contributed by atoms with Gasteiger partial charge in [-0.15, -0.1) is 0 Å². The fraction of sp³-hybridized carbons (Fsp3) is 0.375. The molecule has 28 heavy (non-hydrogen) atoms. The Labute approximate surface area is 175 Å². The van der Waals surface area contributed by atoms with Crippen molar-refractivity contribution in [2.75, 3.05) is 5.32 Å². The molecular formula is C24H33N3S. The average molecular weight is 396 g/mol. The topological polar surface area (TPSA) is 36.1 Å². The number of hydrogen-bond acceptors (Lipinski definition) is 2. The summed E-state index contributed by atoms with van der Waals surface area (Å²) in [6.45, 7) is 6.42. The van der Waals surface area contributed by atoms with Gasteiger partial charge in [0.1, 0.15) is 0 Å². The molecule has 3 nitrogen and oxygen atoms in total. The van der Waals surface area contributed by atoms with Gasteiger partial charge in [-0.1, -0.05) is 74.2 Å². The highest BCUT2D eigenvalue weighted by Gasteiger charge is 2.03. The smallest absolute Gasteiger partial charge is 0.189 e. The zero-order valence-electron chi connectivity index (χ0n) is 17.3. The highest BCUT2D eigenvalue weighted by atomic mass is 32.1. The van der Waals surface area contributed by atoms with Gasteiger partial charge in [-0.25, -0.2) is 0 Å². The quantitative estimate of drug-likeness (QED) is 0.255. The van der Waals surface area contributed by atoms with E-state index in [0.29, 0.717) is 5.11 Å². The normalized spacial score (nSPS) is 11.2. The van der Waals surface area contributed by atoms with Gasteiger partial charge in [0.25, 0.3) is 0 Å². The SMILES string of the molecule is CCCCCC/C(=C/NNC(=S)Nc1ccc(C)cc1C)Cc1ccccc1. The fourth-order valence-electron chi connectivity index (χ4n) is 3.16. The van der Waals surface area contributed by atoms with Crippen molar-refractivity contribution in [1.29, 1.82) is 0 Å². The summed E-state index contributed by atoms with van der Waals surface area (Å²) in [5.74, 6) is 0. The van der Waals surface area contributed by atoms with Crippen molar-refractivity contribution in [3.8, 4) is 0 Å². The summed E-state index contributed by atoms with van der Waals surface area (Å²) in [5, 5.41) is 3.81. The number of nitrogens with one attached hydrogen (secondary N) is 3. The van der Waals surface area contributed by atoms with Crippen molar-refractivity contribution in [2.24, 2.45) is 0 Å². The fourth-order valence-corrected chi connectivity index (χ4v) is 3.33. The second-order valence-corrected chi connectivity index (χ2v) is 7.73. The van der Waals surface area contributed by atoms with Gasteiger partial charge in [0.2, 0.25) is 0 Å². The third-order valence-electron chi connectivity index (χ3n) is 4.72. The minimum absolute atomic E-state index is 0.563. The van der Waals surface area contributed by atoms with Gasteiger partial charge in [0.15, 0.2) is 5.11 Å². The van der Waals surface area contributed by atoms with E-state index in [2.05, 4.69) is 91.7 Å². The van der Waals surface area contributed by atoms with Crippen LogP contribution in [-0.4, -0.2) is 5.11 Å². The molecule has 0 fully saturated rings. The van der Waals surface area contributed by atoms with Gasteiger partial charge in [-0.2, -0.15) is 0 Å². The molecule has 0 bridgehead atoms. The first kappa shape index (κ1) is 22.0. The minimum Gasteiger partial charge on any atom is -0.331 e. The van der Waals surface area contributed by atoms with E-state index in [9.17, 15) is 0 Å². The second-order valence-electron chi connectivity index (χ2n) is 7.32. The molecule has 0 aliphatic rings. The first-order valence-corrected chi connectivity index (χ1v) is 10.6. The van der Waals surface area contributed by atoms with Crippen LogP contribution < -0.4 is 16.2 Å². The number of aryl methyl sites for hydroxylation is 2. The summed E-state index contributed by atoms with van der Waals surface area (Å²) in [5.41, 5.74) is 12.4. The highest BCUT2D eigenvalue weighted by Crippen LogP contribution is 2.16. The molecule has 3 N–H and O–H groups in total. The molecule has 0 aromatic heterocycles. The number of thiocarbonyl (C=S) groups is 1. The van der Waals surface area contributed by atoms with Crippen LogP contribution in [0.3, 0.4) is 0 Å². The third kappa shape index (κ3) is 8.13. The van der Waals surface area contributed by atoms with Crippen LogP contribution in [0.4, 0.5) is 5.69 Å². The monoisotopic (exact) mass is 395 g/mol. The largest absolute Gasteiger partial charge is 0.331 e. The third-order valence-corrected chi connectivity index (χ3v) is 4.92. The number of benzene rings is 2. The summed E-state index contributed by atoms with van der Waals surface area (Å²) in [4.78, 5) is 0. The van der Waals surface area contributed by atoms with E-state index < -0.39 is 0 Å². The van der Waals surface area contributed by atoms with Gasteiger partial charge < -0.3 is 10.7 Å². The number of hydrogen-bond donors (Lipinski definition) is 3. The Bertz CT molecular complexity index is 769. The lowest BCUT2D eigenvalue weighted by Crippen LogP contribution is -2.37. The molecule has 2 rings (SSSR count). The second kappa shape index (κ2) is 12.2. The van der Waals surface area contributed by atoms with E-state index in [1.165, 1.54) is 47.9 Å². The van der Waals surface area contributed by atoms with E-state index in [4.69, 9.17) is 12.2 Å². The maximum absolute atomic E-state index is 5.42. The zero-order chi connectivity index (χ0) is 20.2. The number of allylic oxidation sites excluding steroid dienone is 1. The molecule has 0 radical (unpaired) electrons. The maximum Gasteiger partial charge on any atom is 0.189 e. The molecule has 2 aromatic rings. The van der Waals surface area contributed by atoms with Gasteiger partial charge in [-0.05, 0) is 68.1 Å². The van der Waals surface area contributed by atoms with Crippen molar-refractivity contribution in [1.82, 2.24) is 10.9 Å². The van der Waals surface area contributed by atoms with Crippen molar-refractivity contribution in [3.05, 3.63) is 77.0 Å². The zero-order valence-corrected chi connectivity index (χ0v) is 18.2. The van der Waals surface area contributed by atoms with E-state index in [1.807, 2.05) is 0 Å². The first-order valence-electron chi connectivity index (χ1n) is 10.2. The van der Waals surface area contributed by atoms with E-state index in [-0.39, 0.29) is 0 Å². The number of hydrazine groups is 1. The van der Waals surface area contributed by atoms with Crippen molar-refractivity contribution < 1.29 is 0 Å². The minimum atomic E-state index is 0.563. The van der Waals surface area contributed by atoms with Crippen LogP contribution >= 0.6 is 12.2 Å². The molecule has 0 aliphatic heterocycles. The van der Waals surface area contributed by atoms with Crippen LogP contribution in [0.25, 0.3) is 0 Å². The molecule has 0 atom stereocenters. The summed E-state index contributed by atoms with van der Waals surface area (Å²) < 4.78 is 0. The van der Waals surface area contributed by atoms with E-state index in [0.717, 1.165) is 18.5 Å². The molecule has 4 heteroatoms. The number of anilines is 1. The molecule has 0 heterocycles. The lowest BCUT2D eigenvalue weighted by atomic mass is 10.0. The van der Waals surface area contributed by atoms with Crippen molar-refractivity contribution in [3.63, 3.8) is 0 Å². The molecule has 0 aliphatic carbocycles. The van der Waals surface area contributed by atoms with Gasteiger partial charge in [-0.3, -0.25) is 5.43 Å². The van der Waals surface area contributed by atoms with Crippen molar-refractivity contribution >= 4 is 23.0 Å². The first-order chi connectivity index (χ1) is 13.6. The predicted octanol–water partition coefficient (Wildman–Crippen LogP) is 6.19. The standard InChI is InChI=1S/C24H33N3S/c1-4-5-6-8-13-22(17-21-11-9-7-10-12-21)18-25-27-24(28)26-23-15-14-19(2)16-20(23)3/h7,9-12,14-16,18,25H,4-6,8,13,17H2,1-3H3,(H2,26,27,28)/b22-18-. The van der Waals surface area contributed by atoms with Crippen LogP contribution in [0, 0.1) is 13.8 Å². The Morgan fingerprint density at radius 3 is 2.50 bits per heavy atom. The maximum atomic E-state index is 5.42. The summed E-state index contributed by atoms with van der Waals surface area (Å²) in [6.07, 6.45) is 9.18. The van der Waals surface area contributed by atoms with E-state index in [1.54, 1.807) is 0 Å². The molecule has 150 valence electrons. The highest BCUT2D eigenvalue weighted by molar-refractivity contribution is 7.80. The van der Waals surface area contributed by atoms with Crippen LogP contribution in [0.1, 0.15) is 55.7 Å². The van der Waals surface area contributed by atoms with Crippen LogP contribution in [0.2, 0.25) is 0 Å². The Kier molecular flexibility index (Phi) is 9.56. The number of rotatable bonds is 10. The van der Waals surface area contributed by atoms with Crippen LogP contribution in [0.15, 0.2) is 60.3 Å². The van der Waals surface area contributed by atoms with Gasteiger partial charge in [0, 0.05) is 11.9 Å². The predicted molar refractivity (Wildman–Crippen MR) is 125 cm³/mol. The summed E-state index contributed by atoms with van der Waals surface area (Å²) in [7, 11) is 0. The Hall–Kier alpha value is -2.33. The average Bonchev–Trinajstić information content (AvgIpc) is 2.68. The molecule has 0 saturated carbocycles. The van der Waals surface area contributed by atoms with Crippen molar-refractivity contribution in [2.45, 2.75) is 59.3 Å². The Morgan fingerprint density at radius 2 is 1.79 bits per heavy atom. The van der Waals surface area contributed by atoms with Gasteiger partial charge >= 0.3 is 0 Å². The molecule has 0 saturated heterocycles. The lowest BCUT2D eigenvalue weighted by Gasteiger charge is -2.14. The Morgan fingerprint density at radius 1 is 1.00 bits per heavy atom. The lowest BCUT2D eigenvalue weighted by molar-refractivity contribution is 0.654. The van der Waals surface area contributed by atoms with Crippen LogP contribution in [0.5, 0.6) is 0 Å². The number of unbranched alkanes of at least 4 members (excludes halogenated alkanes) is 3. The van der Waals surface area contributed by atoms with E-state index >= 15 is 0 Å². The van der Waals surface area contributed by atoms with Gasteiger partial charge in [0.05, 0.1) is 0 Å². The molecular weight excluding hydrogens is 362 g/mol. The Balaban J connectivity index is 1.89. The molecule has 2 aromatic carbocycles. The van der Waals surface area contributed by atoms with Crippen LogP contribution in [-0.2, 0) is 6.42 Å².